The van der Waals surface area contributed by atoms with Crippen LogP contribution in [0.4, 0.5) is 26.3 Å². The van der Waals surface area contributed by atoms with Crippen molar-refractivity contribution in [1.82, 2.24) is 29.7 Å². The van der Waals surface area contributed by atoms with Crippen LogP contribution in [0, 0.1) is 0 Å². The van der Waals surface area contributed by atoms with Gasteiger partial charge < -0.3 is 11.7 Å². The Labute approximate surface area is 173 Å². The second-order valence-corrected chi connectivity index (χ2v) is 7.58. The van der Waals surface area contributed by atoms with E-state index in [0.29, 0.717) is 20.5 Å². The number of hydrogen-bond acceptors (Lipinski definition) is 8. The molecule has 16 heteroatoms. The molecule has 8 nitrogen and oxygen atoms in total. The lowest BCUT2D eigenvalue weighted by molar-refractivity contribution is -0.147. The Morgan fingerprint density at radius 1 is 0.700 bits per heavy atom. The summed E-state index contributed by atoms with van der Waals surface area (Å²) in [5.74, 6) is 8.56. The van der Waals surface area contributed by atoms with E-state index in [0.717, 1.165) is 23.5 Å². The van der Waals surface area contributed by atoms with Gasteiger partial charge in [0, 0.05) is 11.5 Å². The Hall–Kier alpha value is -2.62. The topological polar surface area (TPSA) is 113 Å². The Morgan fingerprint density at radius 3 is 1.37 bits per heavy atom. The van der Waals surface area contributed by atoms with E-state index in [1.165, 1.54) is 0 Å². The first-order valence-electron chi connectivity index (χ1n) is 7.86. The Morgan fingerprint density at radius 2 is 1.07 bits per heavy atom. The molecule has 3 rings (SSSR count). The van der Waals surface area contributed by atoms with E-state index in [-0.39, 0.29) is 21.8 Å². The van der Waals surface area contributed by atoms with Gasteiger partial charge in [-0.15, -0.1) is 20.4 Å². The van der Waals surface area contributed by atoms with E-state index in [1.54, 1.807) is 24.3 Å². The molecular formula is C14H12F6N8S2. The number of nitrogen functional groups attached to an aromatic ring is 2. The third kappa shape index (κ3) is 4.75. The number of nitrogens with two attached hydrogens (primary N) is 2. The summed E-state index contributed by atoms with van der Waals surface area (Å²) in [5, 5.41) is 12.7. The van der Waals surface area contributed by atoms with Crippen LogP contribution in [0.15, 0.2) is 34.6 Å². The van der Waals surface area contributed by atoms with Crippen molar-refractivity contribution in [2.24, 2.45) is 0 Å². The van der Waals surface area contributed by atoms with Gasteiger partial charge in [-0.1, -0.05) is 47.8 Å². The number of aromatic nitrogens is 6. The van der Waals surface area contributed by atoms with Gasteiger partial charge >= 0.3 is 12.4 Å². The molecule has 30 heavy (non-hydrogen) atoms. The third-order valence-electron chi connectivity index (χ3n) is 3.67. The van der Waals surface area contributed by atoms with Crippen molar-refractivity contribution in [2.45, 2.75) is 34.2 Å². The van der Waals surface area contributed by atoms with Crippen LogP contribution in [0.5, 0.6) is 0 Å². The number of thioether (sulfide) groups is 2. The van der Waals surface area contributed by atoms with Crippen molar-refractivity contribution in [1.29, 1.82) is 0 Å². The van der Waals surface area contributed by atoms with Gasteiger partial charge in [-0.05, 0) is 11.1 Å². The van der Waals surface area contributed by atoms with E-state index >= 15 is 0 Å². The standard InChI is InChI=1S/C14H12F6N8S2/c15-13(16,17)9-23-25-11(27(9)21)29-5-7-3-1-2-4-8(7)6-30-12-26-24-10(28(12)22)14(18,19)20/h1-4H,5-6,21-22H2. The zero-order valence-electron chi connectivity index (χ0n) is 14.6. The molecule has 4 N–H and O–H groups in total. The molecule has 0 aliphatic heterocycles. The Bertz CT molecular complexity index is 947. The van der Waals surface area contributed by atoms with Crippen LogP contribution in [0.1, 0.15) is 22.8 Å². The molecule has 0 radical (unpaired) electrons. The van der Waals surface area contributed by atoms with Crippen LogP contribution in [0.3, 0.4) is 0 Å². The molecule has 1 aromatic carbocycles. The van der Waals surface area contributed by atoms with E-state index in [1.807, 2.05) is 0 Å². The van der Waals surface area contributed by atoms with E-state index in [9.17, 15) is 26.3 Å². The molecule has 0 amide bonds. The molecule has 0 bridgehead atoms. The van der Waals surface area contributed by atoms with E-state index in [2.05, 4.69) is 20.4 Å². The van der Waals surface area contributed by atoms with Crippen molar-refractivity contribution >= 4 is 23.5 Å². The lowest BCUT2D eigenvalue weighted by Gasteiger charge is -2.10. The number of halogens is 6. The fourth-order valence-corrected chi connectivity index (χ4v) is 4.04. The molecule has 0 atom stereocenters. The molecule has 3 aromatic rings. The average Bonchev–Trinajstić information content (AvgIpc) is 3.21. The van der Waals surface area contributed by atoms with Gasteiger partial charge in [0.25, 0.3) is 11.6 Å². The molecule has 2 aromatic heterocycles. The third-order valence-corrected chi connectivity index (χ3v) is 5.65. The first kappa shape index (κ1) is 22.1. The number of hydrogen-bond donors (Lipinski definition) is 2. The molecule has 162 valence electrons. The molecular weight excluding hydrogens is 458 g/mol. The minimum atomic E-state index is -4.73. The van der Waals surface area contributed by atoms with Crippen molar-refractivity contribution in [3.05, 3.63) is 47.0 Å². The highest BCUT2D eigenvalue weighted by atomic mass is 32.2. The van der Waals surface area contributed by atoms with Crippen LogP contribution in [-0.4, -0.2) is 29.7 Å². The van der Waals surface area contributed by atoms with Crippen molar-refractivity contribution in [3.63, 3.8) is 0 Å². The van der Waals surface area contributed by atoms with Gasteiger partial charge in [0.15, 0.2) is 0 Å². The number of rotatable bonds is 6. The van der Waals surface area contributed by atoms with Gasteiger partial charge in [0.05, 0.1) is 0 Å². The van der Waals surface area contributed by atoms with Crippen LogP contribution >= 0.6 is 23.5 Å². The summed E-state index contributed by atoms with van der Waals surface area (Å²) in [6.07, 6.45) is -9.47. The summed E-state index contributed by atoms with van der Waals surface area (Å²) in [6.45, 7) is 0. The second kappa shape index (κ2) is 8.25. The highest BCUT2D eigenvalue weighted by Gasteiger charge is 2.39. The first-order chi connectivity index (χ1) is 14.0. The summed E-state index contributed by atoms with van der Waals surface area (Å²) >= 11 is 1.86. The molecule has 2 heterocycles. The molecule has 0 saturated heterocycles. The monoisotopic (exact) mass is 470 g/mol. The summed E-state index contributed by atoms with van der Waals surface area (Å²) < 4.78 is 77.2. The predicted molar refractivity (Wildman–Crippen MR) is 95.9 cm³/mol. The molecule has 0 aliphatic rings. The number of benzene rings is 1. The van der Waals surface area contributed by atoms with Crippen LogP contribution < -0.4 is 11.7 Å². The molecule has 0 fully saturated rings. The second-order valence-electron chi connectivity index (χ2n) is 5.69. The van der Waals surface area contributed by atoms with Crippen molar-refractivity contribution in [2.75, 3.05) is 11.7 Å². The van der Waals surface area contributed by atoms with Crippen LogP contribution in [0.25, 0.3) is 0 Å². The highest BCUT2D eigenvalue weighted by Crippen LogP contribution is 2.32. The molecule has 0 spiro atoms. The normalized spacial score (nSPS) is 12.5. The van der Waals surface area contributed by atoms with Gasteiger partial charge in [0.1, 0.15) is 0 Å². The van der Waals surface area contributed by atoms with E-state index in [4.69, 9.17) is 11.7 Å². The fraction of sp³-hybridized carbons (Fsp3) is 0.286. The summed E-state index contributed by atoms with van der Waals surface area (Å²) in [7, 11) is 0. The van der Waals surface area contributed by atoms with Crippen LogP contribution in [0.2, 0.25) is 0 Å². The maximum Gasteiger partial charge on any atom is 0.453 e. The van der Waals surface area contributed by atoms with Gasteiger partial charge in [-0.2, -0.15) is 26.3 Å². The maximum atomic E-state index is 12.8. The van der Waals surface area contributed by atoms with Gasteiger partial charge in [-0.25, -0.2) is 9.35 Å². The maximum absolute atomic E-state index is 12.8. The lowest BCUT2D eigenvalue weighted by atomic mass is 10.1. The van der Waals surface area contributed by atoms with Gasteiger partial charge in [-0.3, -0.25) is 0 Å². The van der Waals surface area contributed by atoms with Gasteiger partial charge in [0.2, 0.25) is 10.3 Å². The predicted octanol–water partition coefficient (Wildman–Crippen LogP) is 2.92. The molecule has 0 unspecified atom stereocenters. The van der Waals surface area contributed by atoms with Crippen molar-refractivity contribution < 1.29 is 26.3 Å². The first-order valence-corrected chi connectivity index (χ1v) is 9.83. The zero-order valence-corrected chi connectivity index (χ0v) is 16.3. The summed E-state index contributed by atoms with van der Waals surface area (Å²) in [5.41, 5.74) is 1.43. The molecule has 0 saturated carbocycles. The smallest absolute Gasteiger partial charge is 0.335 e. The Kier molecular flexibility index (Phi) is 6.07. The summed E-state index contributed by atoms with van der Waals surface area (Å²) in [4.78, 5) is 0. The minimum Gasteiger partial charge on any atom is -0.335 e. The van der Waals surface area contributed by atoms with Crippen LogP contribution in [-0.2, 0) is 23.9 Å². The lowest BCUT2D eigenvalue weighted by Crippen LogP contribution is -2.21. The summed E-state index contributed by atoms with van der Waals surface area (Å²) in [6, 6.07) is 6.87. The fourth-order valence-electron chi connectivity index (χ4n) is 2.26. The quantitative estimate of drug-likeness (QED) is 0.321. The highest BCUT2D eigenvalue weighted by molar-refractivity contribution is 7.98. The molecule has 0 aliphatic carbocycles. The average molecular weight is 470 g/mol. The number of nitrogens with zero attached hydrogens (tertiary/aromatic N) is 6. The SMILES string of the molecule is Nn1c(SCc2ccccc2CSc2nnc(C(F)(F)F)n2N)nnc1C(F)(F)F. The Balaban J connectivity index is 1.70. The van der Waals surface area contributed by atoms with Crippen molar-refractivity contribution in [3.8, 4) is 0 Å². The minimum absolute atomic E-state index is 0.138. The number of alkyl halides is 6. The largest absolute Gasteiger partial charge is 0.453 e. The zero-order chi connectivity index (χ0) is 22.1. The van der Waals surface area contributed by atoms with E-state index < -0.39 is 24.0 Å².